The van der Waals surface area contributed by atoms with Gasteiger partial charge >= 0.3 is 0 Å². The maximum atomic E-state index is 5.47. The number of hydrogen-bond donors (Lipinski definition) is 1. The molecule has 1 saturated heterocycles. The SMILES string of the molecule is Cc1cc(Br)ccc1N(C)CCC1COCCN1. The number of aryl methyl sites for hydroxylation is 1. The Morgan fingerprint density at radius 3 is 3.00 bits per heavy atom. The predicted molar refractivity (Wildman–Crippen MR) is 79.4 cm³/mol. The molecule has 1 atom stereocenters. The molecule has 1 aliphatic rings. The molecule has 0 radical (unpaired) electrons. The van der Waals surface area contributed by atoms with Gasteiger partial charge in [-0.05, 0) is 37.1 Å². The summed E-state index contributed by atoms with van der Waals surface area (Å²) in [6.07, 6.45) is 1.12. The third kappa shape index (κ3) is 3.70. The van der Waals surface area contributed by atoms with Crippen molar-refractivity contribution in [2.45, 2.75) is 19.4 Å². The molecule has 100 valence electrons. The van der Waals surface area contributed by atoms with Crippen molar-refractivity contribution in [1.29, 1.82) is 0 Å². The highest BCUT2D eigenvalue weighted by molar-refractivity contribution is 9.10. The first-order chi connectivity index (χ1) is 8.66. The number of hydrogen-bond acceptors (Lipinski definition) is 3. The van der Waals surface area contributed by atoms with Gasteiger partial charge in [0.05, 0.1) is 13.2 Å². The molecule has 0 saturated carbocycles. The standard InChI is InChI=1S/C14H21BrN2O/c1-11-9-12(15)3-4-14(11)17(2)7-5-13-10-18-8-6-16-13/h3-4,9,13,16H,5-8,10H2,1-2H3. The number of morpholine rings is 1. The van der Waals surface area contributed by atoms with Gasteiger partial charge in [-0.15, -0.1) is 0 Å². The molecule has 2 rings (SSSR count). The number of rotatable bonds is 4. The Morgan fingerprint density at radius 2 is 2.33 bits per heavy atom. The Labute approximate surface area is 118 Å². The van der Waals surface area contributed by atoms with E-state index in [0.717, 1.165) is 37.2 Å². The van der Waals surface area contributed by atoms with Crippen LogP contribution in [0.5, 0.6) is 0 Å². The summed E-state index contributed by atoms with van der Waals surface area (Å²) in [4.78, 5) is 2.32. The summed E-state index contributed by atoms with van der Waals surface area (Å²) in [5, 5.41) is 3.49. The molecule has 18 heavy (non-hydrogen) atoms. The summed E-state index contributed by atoms with van der Waals surface area (Å²) in [6.45, 7) is 5.86. The summed E-state index contributed by atoms with van der Waals surface area (Å²) in [7, 11) is 2.15. The van der Waals surface area contributed by atoms with E-state index in [9.17, 15) is 0 Å². The van der Waals surface area contributed by atoms with E-state index >= 15 is 0 Å². The van der Waals surface area contributed by atoms with Crippen LogP contribution in [0.1, 0.15) is 12.0 Å². The average Bonchev–Trinajstić information content (AvgIpc) is 2.37. The van der Waals surface area contributed by atoms with Crippen LogP contribution in [0.2, 0.25) is 0 Å². The predicted octanol–water partition coefficient (Wildman–Crippen LogP) is 2.57. The molecule has 0 amide bonds. The second-order valence-corrected chi connectivity index (χ2v) is 5.78. The first-order valence-corrected chi connectivity index (χ1v) is 7.24. The van der Waals surface area contributed by atoms with Crippen LogP contribution in [-0.2, 0) is 4.74 Å². The van der Waals surface area contributed by atoms with Gasteiger partial charge in [0, 0.05) is 36.3 Å². The fourth-order valence-corrected chi connectivity index (χ4v) is 2.80. The Kier molecular flexibility index (Phi) is 5.03. The minimum atomic E-state index is 0.497. The Hall–Kier alpha value is -0.580. The molecule has 1 heterocycles. The van der Waals surface area contributed by atoms with Crippen LogP contribution in [0, 0.1) is 6.92 Å². The van der Waals surface area contributed by atoms with Gasteiger partial charge in [0.25, 0.3) is 0 Å². The topological polar surface area (TPSA) is 24.5 Å². The van der Waals surface area contributed by atoms with Crippen molar-refractivity contribution >= 4 is 21.6 Å². The lowest BCUT2D eigenvalue weighted by Gasteiger charge is -2.27. The molecule has 1 N–H and O–H groups in total. The van der Waals surface area contributed by atoms with E-state index in [4.69, 9.17) is 4.74 Å². The van der Waals surface area contributed by atoms with Gasteiger partial charge in [-0.3, -0.25) is 0 Å². The van der Waals surface area contributed by atoms with Crippen molar-refractivity contribution in [2.75, 3.05) is 38.3 Å². The highest BCUT2D eigenvalue weighted by Crippen LogP contribution is 2.23. The fraction of sp³-hybridized carbons (Fsp3) is 0.571. The fourth-order valence-electron chi connectivity index (χ4n) is 2.32. The molecule has 0 aliphatic carbocycles. The van der Waals surface area contributed by atoms with Gasteiger partial charge < -0.3 is 15.0 Å². The van der Waals surface area contributed by atoms with Crippen LogP contribution in [0.3, 0.4) is 0 Å². The van der Waals surface area contributed by atoms with E-state index in [-0.39, 0.29) is 0 Å². The minimum Gasteiger partial charge on any atom is -0.379 e. The lowest BCUT2D eigenvalue weighted by atomic mass is 10.1. The van der Waals surface area contributed by atoms with E-state index in [2.05, 4.69) is 58.3 Å². The van der Waals surface area contributed by atoms with E-state index in [1.165, 1.54) is 11.3 Å². The van der Waals surface area contributed by atoms with Gasteiger partial charge in [-0.2, -0.15) is 0 Å². The average molecular weight is 313 g/mol. The van der Waals surface area contributed by atoms with Crippen LogP contribution in [0.15, 0.2) is 22.7 Å². The smallest absolute Gasteiger partial charge is 0.0620 e. The third-order valence-corrected chi connectivity index (χ3v) is 3.87. The summed E-state index contributed by atoms with van der Waals surface area (Å²) in [5.74, 6) is 0. The van der Waals surface area contributed by atoms with Gasteiger partial charge in [-0.25, -0.2) is 0 Å². The zero-order valence-electron chi connectivity index (χ0n) is 11.1. The molecule has 0 spiro atoms. The normalized spacial score (nSPS) is 19.8. The van der Waals surface area contributed by atoms with Gasteiger partial charge in [0.15, 0.2) is 0 Å². The number of benzene rings is 1. The lowest BCUT2D eigenvalue weighted by molar-refractivity contribution is 0.0749. The molecule has 1 unspecified atom stereocenters. The van der Waals surface area contributed by atoms with Crippen molar-refractivity contribution in [3.63, 3.8) is 0 Å². The molecule has 1 aromatic rings. The number of anilines is 1. The van der Waals surface area contributed by atoms with Crippen LogP contribution < -0.4 is 10.2 Å². The number of ether oxygens (including phenoxy) is 1. The van der Waals surface area contributed by atoms with E-state index in [1.54, 1.807) is 0 Å². The second-order valence-electron chi connectivity index (χ2n) is 4.87. The van der Waals surface area contributed by atoms with Crippen LogP contribution in [-0.4, -0.2) is 39.4 Å². The molecule has 1 fully saturated rings. The molecule has 3 nitrogen and oxygen atoms in total. The highest BCUT2D eigenvalue weighted by atomic mass is 79.9. The summed E-state index contributed by atoms with van der Waals surface area (Å²) in [5.41, 5.74) is 2.61. The van der Waals surface area contributed by atoms with Crippen LogP contribution >= 0.6 is 15.9 Å². The van der Waals surface area contributed by atoms with Crippen molar-refractivity contribution < 1.29 is 4.74 Å². The zero-order chi connectivity index (χ0) is 13.0. The maximum Gasteiger partial charge on any atom is 0.0620 e. The quantitative estimate of drug-likeness (QED) is 0.925. The minimum absolute atomic E-state index is 0.497. The molecule has 4 heteroatoms. The molecule has 1 aromatic carbocycles. The molecule has 1 aliphatic heterocycles. The van der Waals surface area contributed by atoms with Gasteiger partial charge in [0.1, 0.15) is 0 Å². The van der Waals surface area contributed by atoms with Crippen LogP contribution in [0.4, 0.5) is 5.69 Å². The zero-order valence-corrected chi connectivity index (χ0v) is 12.7. The van der Waals surface area contributed by atoms with Crippen LogP contribution in [0.25, 0.3) is 0 Å². The third-order valence-electron chi connectivity index (χ3n) is 3.38. The second kappa shape index (κ2) is 6.55. The van der Waals surface area contributed by atoms with Crippen molar-refractivity contribution in [3.8, 4) is 0 Å². The molecular formula is C14H21BrN2O. The monoisotopic (exact) mass is 312 g/mol. The molecular weight excluding hydrogens is 292 g/mol. The Morgan fingerprint density at radius 1 is 1.50 bits per heavy atom. The highest BCUT2D eigenvalue weighted by Gasteiger charge is 2.14. The number of nitrogens with zero attached hydrogens (tertiary/aromatic N) is 1. The molecule has 0 bridgehead atoms. The van der Waals surface area contributed by atoms with Gasteiger partial charge in [-0.1, -0.05) is 15.9 Å². The summed E-state index contributed by atoms with van der Waals surface area (Å²) < 4.78 is 6.61. The maximum absolute atomic E-state index is 5.47. The van der Waals surface area contributed by atoms with Crippen molar-refractivity contribution in [1.82, 2.24) is 5.32 Å². The number of halogens is 1. The summed E-state index contributed by atoms with van der Waals surface area (Å²) in [6, 6.07) is 6.93. The first-order valence-electron chi connectivity index (χ1n) is 6.45. The Balaban J connectivity index is 1.88. The van der Waals surface area contributed by atoms with E-state index in [1.807, 2.05) is 0 Å². The Bertz CT molecular complexity index is 391. The number of nitrogens with one attached hydrogen (secondary N) is 1. The van der Waals surface area contributed by atoms with Gasteiger partial charge in [0.2, 0.25) is 0 Å². The van der Waals surface area contributed by atoms with E-state index < -0.39 is 0 Å². The summed E-state index contributed by atoms with van der Waals surface area (Å²) >= 11 is 3.50. The van der Waals surface area contributed by atoms with Crippen molar-refractivity contribution in [3.05, 3.63) is 28.2 Å². The van der Waals surface area contributed by atoms with E-state index in [0.29, 0.717) is 6.04 Å². The lowest BCUT2D eigenvalue weighted by Crippen LogP contribution is -2.43. The molecule has 0 aromatic heterocycles. The van der Waals surface area contributed by atoms with Crippen molar-refractivity contribution in [2.24, 2.45) is 0 Å². The largest absolute Gasteiger partial charge is 0.379 e. The first kappa shape index (κ1) is 13.8.